The van der Waals surface area contributed by atoms with Crippen LogP contribution in [0.2, 0.25) is 0 Å². The van der Waals surface area contributed by atoms with Crippen molar-refractivity contribution in [3.05, 3.63) is 18.7 Å². The van der Waals surface area contributed by atoms with E-state index in [9.17, 15) is 9.59 Å². The van der Waals surface area contributed by atoms with Crippen LogP contribution in [0.1, 0.15) is 26.7 Å². The van der Waals surface area contributed by atoms with E-state index >= 15 is 0 Å². The first-order valence-corrected chi connectivity index (χ1v) is 6.02. The number of nitrogens with one attached hydrogen (secondary N) is 1. The molecule has 0 fully saturated rings. The molecule has 0 aliphatic rings. The third-order valence-electron chi connectivity index (χ3n) is 2.95. The minimum Gasteiger partial charge on any atom is -0.480 e. The number of imidazole rings is 1. The van der Waals surface area contributed by atoms with E-state index in [1.807, 2.05) is 13.8 Å². The molecule has 0 saturated carbocycles. The maximum absolute atomic E-state index is 11.7. The number of aliphatic carboxylic acids is 1. The number of rotatable bonds is 7. The molecule has 2 atom stereocenters. The summed E-state index contributed by atoms with van der Waals surface area (Å²) in [5.74, 6) is -1.32. The van der Waals surface area contributed by atoms with E-state index in [2.05, 4.69) is 10.3 Å². The lowest BCUT2D eigenvalue weighted by Gasteiger charge is -2.20. The summed E-state index contributed by atoms with van der Waals surface area (Å²) in [6, 6.07) is -0.815. The third kappa shape index (κ3) is 4.20. The Labute approximate surface area is 106 Å². The van der Waals surface area contributed by atoms with Gasteiger partial charge in [-0.25, -0.2) is 9.78 Å². The van der Waals surface area contributed by atoms with Crippen molar-refractivity contribution in [3.8, 4) is 0 Å². The zero-order valence-corrected chi connectivity index (χ0v) is 10.7. The Hall–Kier alpha value is -1.85. The van der Waals surface area contributed by atoms with Crippen LogP contribution in [-0.4, -0.2) is 32.6 Å². The molecule has 0 saturated heterocycles. The summed E-state index contributed by atoms with van der Waals surface area (Å²) in [6.45, 7) is 4.21. The monoisotopic (exact) mass is 253 g/mol. The largest absolute Gasteiger partial charge is 0.480 e. The molecule has 0 bridgehead atoms. The van der Waals surface area contributed by atoms with Gasteiger partial charge in [-0.3, -0.25) is 4.79 Å². The van der Waals surface area contributed by atoms with Crippen LogP contribution in [0, 0.1) is 5.92 Å². The molecule has 1 unspecified atom stereocenters. The summed E-state index contributed by atoms with van der Waals surface area (Å²) in [6.07, 6.45) is 5.97. The maximum Gasteiger partial charge on any atom is 0.326 e. The first-order valence-electron chi connectivity index (χ1n) is 6.02. The first kappa shape index (κ1) is 14.2. The van der Waals surface area contributed by atoms with Crippen LogP contribution >= 0.6 is 0 Å². The van der Waals surface area contributed by atoms with Crippen molar-refractivity contribution in [3.63, 3.8) is 0 Å². The van der Waals surface area contributed by atoms with Gasteiger partial charge < -0.3 is 15.0 Å². The van der Waals surface area contributed by atoms with Crippen LogP contribution in [0.5, 0.6) is 0 Å². The summed E-state index contributed by atoms with van der Waals surface area (Å²) >= 11 is 0. The van der Waals surface area contributed by atoms with Crippen LogP contribution in [0.15, 0.2) is 18.7 Å². The second kappa shape index (κ2) is 6.78. The van der Waals surface area contributed by atoms with E-state index in [-0.39, 0.29) is 18.2 Å². The average molecular weight is 253 g/mol. The van der Waals surface area contributed by atoms with Gasteiger partial charge in [0.1, 0.15) is 6.04 Å². The van der Waals surface area contributed by atoms with Crippen LogP contribution < -0.4 is 5.32 Å². The quantitative estimate of drug-likeness (QED) is 0.755. The van der Waals surface area contributed by atoms with E-state index in [1.165, 1.54) is 0 Å². The van der Waals surface area contributed by atoms with Gasteiger partial charge in [-0.1, -0.05) is 20.3 Å². The number of amides is 1. The number of aromatic nitrogens is 2. The van der Waals surface area contributed by atoms with E-state index in [0.29, 0.717) is 13.0 Å². The summed E-state index contributed by atoms with van der Waals surface area (Å²) in [5, 5.41) is 11.6. The Morgan fingerprint density at radius 1 is 1.50 bits per heavy atom. The van der Waals surface area contributed by atoms with Crippen molar-refractivity contribution in [2.24, 2.45) is 5.92 Å². The second-order valence-corrected chi connectivity index (χ2v) is 4.32. The Morgan fingerprint density at radius 2 is 2.22 bits per heavy atom. The Bertz CT molecular complexity index is 389. The number of hydrogen-bond acceptors (Lipinski definition) is 3. The number of carbonyl (C=O) groups excluding carboxylic acids is 1. The van der Waals surface area contributed by atoms with Gasteiger partial charge in [0.2, 0.25) is 5.91 Å². The van der Waals surface area contributed by atoms with Gasteiger partial charge in [0.25, 0.3) is 0 Å². The summed E-state index contributed by atoms with van der Waals surface area (Å²) in [4.78, 5) is 26.6. The van der Waals surface area contributed by atoms with Gasteiger partial charge >= 0.3 is 5.97 Å². The minimum atomic E-state index is -0.986. The molecule has 1 heterocycles. The number of nitrogens with zero attached hydrogens (tertiary/aromatic N) is 2. The fourth-order valence-electron chi connectivity index (χ4n) is 1.58. The predicted octanol–water partition coefficient (Wildman–Crippen LogP) is 0.889. The molecule has 18 heavy (non-hydrogen) atoms. The number of aryl methyl sites for hydroxylation is 1. The van der Waals surface area contributed by atoms with E-state index in [1.54, 1.807) is 23.3 Å². The average Bonchev–Trinajstić information content (AvgIpc) is 2.85. The fourth-order valence-corrected chi connectivity index (χ4v) is 1.58. The highest BCUT2D eigenvalue weighted by Crippen LogP contribution is 2.08. The van der Waals surface area contributed by atoms with Crippen LogP contribution in [0.3, 0.4) is 0 Å². The Kier molecular flexibility index (Phi) is 5.35. The van der Waals surface area contributed by atoms with Crippen molar-refractivity contribution in [1.82, 2.24) is 14.9 Å². The van der Waals surface area contributed by atoms with Crippen LogP contribution in [0.4, 0.5) is 0 Å². The Morgan fingerprint density at radius 3 is 2.72 bits per heavy atom. The molecule has 2 N–H and O–H groups in total. The molecule has 0 aliphatic heterocycles. The molecule has 1 aromatic heterocycles. The van der Waals surface area contributed by atoms with Crippen molar-refractivity contribution < 1.29 is 14.7 Å². The standard InChI is InChI=1S/C12H19N3O3/c1-3-9(2)11(12(17)18)14-10(16)4-6-15-7-5-13-8-15/h5,7-9,11H,3-4,6H2,1-2H3,(H,14,16)(H,17,18)/t9?,11-/m0/s1. The van der Waals surface area contributed by atoms with Gasteiger partial charge in [-0.05, 0) is 5.92 Å². The first-order chi connectivity index (χ1) is 8.54. The van der Waals surface area contributed by atoms with Crippen molar-refractivity contribution >= 4 is 11.9 Å². The SMILES string of the molecule is CCC(C)[C@H](NC(=O)CCn1ccnc1)C(=O)O. The smallest absolute Gasteiger partial charge is 0.326 e. The molecule has 0 aliphatic carbocycles. The molecular formula is C12H19N3O3. The molecule has 100 valence electrons. The lowest BCUT2D eigenvalue weighted by atomic mass is 9.99. The molecule has 1 rings (SSSR count). The molecular weight excluding hydrogens is 234 g/mol. The number of carboxylic acids is 1. The lowest BCUT2D eigenvalue weighted by molar-refractivity contribution is -0.143. The molecule has 0 aromatic carbocycles. The van der Waals surface area contributed by atoms with Crippen molar-refractivity contribution in [2.45, 2.75) is 39.3 Å². The molecule has 6 nitrogen and oxygen atoms in total. The van der Waals surface area contributed by atoms with E-state index in [4.69, 9.17) is 5.11 Å². The Balaban J connectivity index is 2.44. The topological polar surface area (TPSA) is 84.2 Å². The van der Waals surface area contributed by atoms with Crippen LogP contribution in [0.25, 0.3) is 0 Å². The lowest BCUT2D eigenvalue weighted by Crippen LogP contribution is -2.45. The molecule has 1 amide bonds. The summed E-state index contributed by atoms with van der Waals surface area (Å²) in [5.41, 5.74) is 0. The zero-order valence-electron chi connectivity index (χ0n) is 10.7. The molecule has 0 radical (unpaired) electrons. The van der Waals surface area contributed by atoms with Crippen LogP contribution in [-0.2, 0) is 16.1 Å². The second-order valence-electron chi connectivity index (χ2n) is 4.32. The number of carboxylic acid groups (broad SMARTS) is 1. The van der Waals surface area contributed by atoms with E-state index < -0.39 is 12.0 Å². The molecule has 6 heteroatoms. The van der Waals surface area contributed by atoms with Crippen molar-refractivity contribution in [1.29, 1.82) is 0 Å². The maximum atomic E-state index is 11.7. The number of hydrogen-bond donors (Lipinski definition) is 2. The highest BCUT2D eigenvalue weighted by atomic mass is 16.4. The van der Waals surface area contributed by atoms with E-state index in [0.717, 1.165) is 0 Å². The summed E-state index contributed by atoms with van der Waals surface area (Å²) in [7, 11) is 0. The molecule has 0 spiro atoms. The number of carbonyl (C=O) groups is 2. The fraction of sp³-hybridized carbons (Fsp3) is 0.583. The summed E-state index contributed by atoms with van der Waals surface area (Å²) < 4.78 is 1.78. The van der Waals surface area contributed by atoms with Gasteiger partial charge in [0.15, 0.2) is 0 Å². The van der Waals surface area contributed by atoms with Crippen molar-refractivity contribution in [2.75, 3.05) is 0 Å². The van der Waals surface area contributed by atoms with Gasteiger partial charge in [0, 0.05) is 25.4 Å². The van der Waals surface area contributed by atoms with Gasteiger partial charge in [-0.15, -0.1) is 0 Å². The minimum absolute atomic E-state index is 0.0836. The zero-order chi connectivity index (χ0) is 13.5. The normalized spacial score (nSPS) is 13.9. The third-order valence-corrected chi connectivity index (χ3v) is 2.95. The highest BCUT2D eigenvalue weighted by molar-refractivity contribution is 5.83. The van der Waals surface area contributed by atoms with Gasteiger partial charge in [-0.2, -0.15) is 0 Å². The van der Waals surface area contributed by atoms with Gasteiger partial charge in [0.05, 0.1) is 6.33 Å². The molecule has 1 aromatic rings. The highest BCUT2D eigenvalue weighted by Gasteiger charge is 2.24. The predicted molar refractivity (Wildman–Crippen MR) is 65.9 cm³/mol.